The van der Waals surface area contributed by atoms with Crippen molar-refractivity contribution in [1.82, 2.24) is 5.32 Å². The highest BCUT2D eigenvalue weighted by atomic mass is 35.5. The summed E-state index contributed by atoms with van der Waals surface area (Å²) in [6.07, 6.45) is 0. The predicted molar refractivity (Wildman–Crippen MR) is 97.7 cm³/mol. The van der Waals surface area contributed by atoms with Gasteiger partial charge in [-0.05, 0) is 47.3 Å². The molecule has 3 nitrogen and oxygen atoms in total. The Balaban J connectivity index is 1.54. The van der Waals surface area contributed by atoms with Crippen LogP contribution in [0, 0.1) is 5.82 Å². The van der Waals surface area contributed by atoms with E-state index in [4.69, 9.17) is 16.3 Å². The molecule has 0 aliphatic heterocycles. The molecule has 0 radical (unpaired) electrons. The van der Waals surface area contributed by atoms with Crippen molar-refractivity contribution in [2.24, 2.45) is 0 Å². The van der Waals surface area contributed by atoms with E-state index in [9.17, 15) is 9.18 Å². The molecule has 0 spiro atoms. The molecule has 1 N–H and O–H groups in total. The van der Waals surface area contributed by atoms with E-state index in [1.807, 2.05) is 23.6 Å². The van der Waals surface area contributed by atoms with Gasteiger partial charge < -0.3 is 10.1 Å². The molecular formula is C19H15ClFNO2S. The molecule has 1 aromatic heterocycles. The molecule has 0 aliphatic rings. The molecule has 0 saturated heterocycles. The number of hydrogen-bond acceptors (Lipinski definition) is 3. The molecule has 0 fully saturated rings. The standard InChI is InChI=1S/C19H15ClFNO2S/c20-17-4-2-1-3-14(17)10-22-19(23)18-9-13(12-25-18)11-24-16-7-5-15(21)6-8-16/h1-9,12H,10-11H2,(H,22,23). The molecule has 3 aromatic rings. The third kappa shape index (κ3) is 4.81. The number of carbonyl (C=O) groups is 1. The lowest BCUT2D eigenvalue weighted by Gasteiger charge is -2.05. The number of benzene rings is 2. The van der Waals surface area contributed by atoms with Crippen LogP contribution in [0.2, 0.25) is 5.02 Å². The first-order valence-electron chi connectivity index (χ1n) is 7.59. The number of ether oxygens (including phenoxy) is 1. The lowest BCUT2D eigenvalue weighted by molar-refractivity contribution is 0.0955. The van der Waals surface area contributed by atoms with Crippen LogP contribution in [0.15, 0.2) is 60.0 Å². The highest BCUT2D eigenvalue weighted by Crippen LogP contribution is 2.19. The van der Waals surface area contributed by atoms with Crippen molar-refractivity contribution >= 4 is 28.8 Å². The van der Waals surface area contributed by atoms with Gasteiger partial charge >= 0.3 is 0 Å². The number of hydrogen-bond donors (Lipinski definition) is 1. The molecule has 0 atom stereocenters. The molecule has 3 rings (SSSR count). The Morgan fingerprint density at radius 1 is 1.16 bits per heavy atom. The molecular weight excluding hydrogens is 361 g/mol. The fourth-order valence-electron chi connectivity index (χ4n) is 2.17. The number of rotatable bonds is 6. The van der Waals surface area contributed by atoms with Crippen LogP contribution in [-0.2, 0) is 13.2 Å². The highest BCUT2D eigenvalue weighted by Gasteiger charge is 2.10. The Kier molecular flexibility index (Phi) is 5.68. The molecule has 0 aliphatic carbocycles. The zero-order valence-corrected chi connectivity index (χ0v) is 14.7. The largest absolute Gasteiger partial charge is 0.489 e. The van der Waals surface area contributed by atoms with Crippen LogP contribution in [0.4, 0.5) is 4.39 Å². The van der Waals surface area contributed by atoms with Gasteiger partial charge in [-0.15, -0.1) is 11.3 Å². The Morgan fingerprint density at radius 2 is 1.92 bits per heavy atom. The fraction of sp³-hybridized carbons (Fsp3) is 0.105. The molecule has 0 unspecified atom stereocenters. The summed E-state index contributed by atoms with van der Waals surface area (Å²) in [4.78, 5) is 12.8. The molecule has 0 saturated carbocycles. The van der Waals surface area contributed by atoms with E-state index in [1.165, 1.54) is 23.5 Å². The minimum atomic E-state index is -0.305. The number of amides is 1. The summed E-state index contributed by atoms with van der Waals surface area (Å²) >= 11 is 7.43. The smallest absolute Gasteiger partial charge is 0.261 e. The second kappa shape index (κ2) is 8.14. The van der Waals surface area contributed by atoms with Crippen LogP contribution in [0.5, 0.6) is 5.75 Å². The second-order valence-electron chi connectivity index (χ2n) is 5.34. The summed E-state index contributed by atoms with van der Waals surface area (Å²) in [5.41, 5.74) is 1.76. The monoisotopic (exact) mass is 375 g/mol. The first-order chi connectivity index (χ1) is 12.1. The van der Waals surface area contributed by atoms with Crippen LogP contribution < -0.4 is 10.1 Å². The minimum Gasteiger partial charge on any atom is -0.489 e. The Bertz CT molecular complexity index is 864. The van der Waals surface area contributed by atoms with Gasteiger partial charge in [0.2, 0.25) is 0 Å². The van der Waals surface area contributed by atoms with Gasteiger partial charge in [-0.25, -0.2) is 4.39 Å². The number of carbonyl (C=O) groups excluding carboxylic acids is 1. The van der Waals surface area contributed by atoms with Gasteiger partial charge in [-0.1, -0.05) is 29.8 Å². The van der Waals surface area contributed by atoms with E-state index in [0.717, 1.165) is 11.1 Å². The van der Waals surface area contributed by atoms with Crippen molar-refractivity contribution in [3.8, 4) is 5.75 Å². The minimum absolute atomic E-state index is 0.155. The van der Waals surface area contributed by atoms with Crippen molar-refractivity contribution in [2.75, 3.05) is 0 Å². The van der Waals surface area contributed by atoms with Crippen LogP contribution in [0.3, 0.4) is 0 Å². The molecule has 0 bridgehead atoms. The molecule has 25 heavy (non-hydrogen) atoms. The third-order valence-electron chi connectivity index (χ3n) is 3.49. The molecule has 2 aromatic carbocycles. The Labute approximate surface area is 154 Å². The highest BCUT2D eigenvalue weighted by molar-refractivity contribution is 7.12. The third-order valence-corrected chi connectivity index (χ3v) is 4.84. The van der Waals surface area contributed by atoms with Gasteiger partial charge in [-0.2, -0.15) is 0 Å². The van der Waals surface area contributed by atoms with Gasteiger partial charge in [0.1, 0.15) is 18.2 Å². The van der Waals surface area contributed by atoms with E-state index in [1.54, 1.807) is 24.3 Å². The predicted octanol–water partition coefficient (Wildman–Crippen LogP) is 5.05. The zero-order valence-electron chi connectivity index (χ0n) is 13.2. The normalized spacial score (nSPS) is 10.5. The first kappa shape index (κ1) is 17.5. The van der Waals surface area contributed by atoms with Crippen molar-refractivity contribution in [1.29, 1.82) is 0 Å². The van der Waals surface area contributed by atoms with Gasteiger partial charge in [0.25, 0.3) is 5.91 Å². The average Bonchev–Trinajstić information content (AvgIpc) is 3.09. The summed E-state index contributed by atoms with van der Waals surface area (Å²) in [6, 6.07) is 15.0. The van der Waals surface area contributed by atoms with E-state index >= 15 is 0 Å². The number of nitrogens with one attached hydrogen (secondary N) is 1. The van der Waals surface area contributed by atoms with Gasteiger partial charge in [0.15, 0.2) is 0 Å². The SMILES string of the molecule is O=C(NCc1ccccc1Cl)c1cc(COc2ccc(F)cc2)cs1. The number of halogens is 2. The second-order valence-corrected chi connectivity index (χ2v) is 6.65. The summed E-state index contributed by atoms with van der Waals surface area (Å²) in [6.45, 7) is 0.692. The Hall–Kier alpha value is -2.37. The fourth-order valence-corrected chi connectivity index (χ4v) is 3.19. The molecule has 1 heterocycles. The van der Waals surface area contributed by atoms with Crippen LogP contribution >= 0.6 is 22.9 Å². The first-order valence-corrected chi connectivity index (χ1v) is 8.85. The molecule has 6 heteroatoms. The molecule has 128 valence electrons. The topological polar surface area (TPSA) is 38.3 Å². The average molecular weight is 376 g/mol. The van der Waals surface area contributed by atoms with Gasteiger partial charge in [-0.3, -0.25) is 4.79 Å². The van der Waals surface area contributed by atoms with Crippen LogP contribution in [-0.4, -0.2) is 5.91 Å². The van der Waals surface area contributed by atoms with Crippen LogP contribution in [0.1, 0.15) is 20.8 Å². The Morgan fingerprint density at radius 3 is 2.68 bits per heavy atom. The summed E-state index contributed by atoms with van der Waals surface area (Å²) in [7, 11) is 0. The summed E-state index contributed by atoms with van der Waals surface area (Å²) in [5.74, 6) is 0.121. The van der Waals surface area contributed by atoms with Crippen molar-refractivity contribution in [3.63, 3.8) is 0 Å². The van der Waals surface area contributed by atoms with Gasteiger partial charge in [0.05, 0.1) is 4.88 Å². The van der Waals surface area contributed by atoms with Gasteiger partial charge in [0, 0.05) is 17.1 Å². The number of thiophene rings is 1. The lowest BCUT2D eigenvalue weighted by atomic mass is 10.2. The van der Waals surface area contributed by atoms with Crippen molar-refractivity contribution in [3.05, 3.63) is 86.8 Å². The van der Waals surface area contributed by atoms with E-state index in [-0.39, 0.29) is 11.7 Å². The van der Waals surface area contributed by atoms with Crippen LogP contribution in [0.25, 0.3) is 0 Å². The van der Waals surface area contributed by atoms with E-state index < -0.39 is 0 Å². The summed E-state index contributed by atoms with van der Waals surface area (Å²) < 4.78 is 18.4. The maximum absolute atomic E-state index is 12.9. The lowest BCUT2D eigenvalue weighted by Crippen LogP contribution is -2.21. The van der Waals surface area contributed by atoms with E-state index in [0.29, 0.717) is 28.8 Å². The maximum Gasteiger partial charge on any atom is 0.261 e. The van der Waals surface area contributed by atoms with E-state index in [2.05, 4.69) is 5.32 Å². The quantitative estimate of drug-likeness (QED) is 0.654. The summed E-state index contributed by atoms with van der Waals surface area (Å²) in [5, 5.41) is 5.35. The maximum atomic E-state index is 12.9. The zero-order chi connectivity index (χ0) is 17.6. The van der Waals surface area contributed by atoms with Crippen molar-refractivity contribution < 1.29 is 13.9 Å². The van der Waals surface area contributed by atoms with Crippen molar-refractivity contribution in [2.45, 2.75) is 13.2 Å². The molecule has 1 amide bonds.